The Hall–Kier alpha value is -1.40. The van der Waals surface area contributed by atoms with E-state index in [2.05, 4.69) is 31.9 Å². The van der Waals surface area contributed by atoms with Crippen LogP contribution in [0.15, 0.2) is 39.3 Å². The zero-order valence-electron chi connectivity index (χ0n) is 11.1. The number of hydrogen-bond acceptors (Lipinski definition) is 3. The largest absolute Gasteiger partial charge is 0.493 e. The van der Waals surface area contributed by atoms with Gasteiger partial charge in [-0.05, 0) is 53.2 Å². The predicted octanol–water partition coefficient (Wildman–Crippen LogP) is 4.56. The lowest BCUT2D eigenvalue weighted by molar-refractivity contribution is 0.103. The molecular weight excluding hydrogens is 405 g/mol. The fraction of sp³-hybridized carbons (Fsp3) is 0.133. The average Bonchev–Trinajstić information content (AvgIpc) is 2.44. The van der Waals surface area contributed by atoms with Gasteiger partial charge in [0.15, 0.2) is 5.78 Å². The van der Waals surface area contributed by atoms with E-state index in [-0.39, 0.29) is 17.0 Å². The summed E-state index contributed by atoms with van der Waals surface area (Å²) in [6.45, 7) is 2.27. The zero-order chi connectivity index (χ0) is 15.6. The molecule has 2 aromatic carbocycles. The molecule has 110 valence electrons. The summed E-state index contributed by atoms with van der Waals surface area (Å²) in [6.07, 6.45) is 0. The Morgan fingerprint density at radius 3 is 2.62 bits per heavy atom. The molecule has 3 nitrogen and oxygen atoms in total. The number of halogens is 3. The van der Waals surface area contributed by atoms with E-state index in [9.17, 15) is 9.18 Å². The lowest BCUT2D eigenvalue weighted by atomic mass is 10.0. The number of carbonyl (C=O) groups is 1. The summed E-state index contributed by atoms with van der Waals surface area (Å²) in [4.78, 5) is 12.7. The van der Waals surface area contributed by atoms with Crippen molar-refractivity contribution in [2.75, 3.05) is 12.3 Å². The molecule has 0 aromatic heterocycles. The highest BCUT2D eigenvalue weighted by atomic mass is 79.9. The number of ether oxygens (including phenoxy) is 1. The van der Waals surface area contributed by atoms with Crippen LogP contribution in [-0.2, 0) is 0 Å². The molecule has 0 radical (unpaired) electrons. The molecule has 2 aromatic rings. The van der Waals surface area contributed by atoms with Crippen molar-refractivity contribution in [2.24, 2.45) is 0 Å². The topological polar surface area (TPSA) is 52.3 Å². The molecule has 0 saturated heterocycles. The molecule has 0 fully saturated rings. The number of nitrogens with two attached hydrogens (primary N) is 1. The molecule has 0 spiro atoms. The number of benzene rings is 2. The van der Waals surface area contributed by atoms with Crippen LogP contribution in [0.4, 0.5) is 10.1 Å². The average molecular weight is 417 g/mol. The summed E-state index contributed by atoms with van der Waals surface area (Å²) in [7, 11) is 0. The molecule has 0 atom stereocenters. The van der Waals surface area contributed by atoms with Crippen molar-refractivity contribution in [3.05, 3.63) is 56.2 Å². The molecule has 0 aliphatic carbocycles. The summed E-state index contributed by atoms with van der Waals surface area (Å²) >= 11 is 6.52. The summed E-state index contributed by atoms with van der Waals surface area (Å²) in [6, 6.07) is 7.66. The van der Waals surface area contributed by atoms with E-state index in [1.54, 1.807) is 18.2 Å². The zero-order valence-corrected chi connectivity index (χ0v) is 14.3. The first-order valence-electron chi connectivity index (χ1n) is 6.15. The van der Waals surface area contributed by atoms with Crippen LogP contribution in [0, 0.1) is 5.82 Å². The van der Waals surface area contributed by atoms with E-state index in [1.165, 1.54) is 12.1 Å². The van der Waals surface area contributed by atoms with Gasteiger partial charge >= 0.3 is 0 Å². The first-order chi connectivity index (χ1) is 9.93. The minimum atomic E-state index is -0.572. The maximum Gasteiger partial charge on any atom is 0.198 e. The minimum Gasteiger partial charge on any atom is -0.493 e. The first-order valence-corrected chi connectivity index (χ1v) is 7.74. The van der Waals surface area contributed by atoms with Crippen molar-refractivity contribution < 1.29 is 13.9 Å². The molecule has 0 amide bonds. The Morgan fingerprint density at radius 2 is 1.95 bits per heavy atom. The molecule has 0 saturated carbocycles. The van der Waals surface area contributed by atoms with Gasteiger partial charge in [-0.25, -0.2) is 4.39 Å². The molecule has 0 unspecified atom stereocenters. The fourth-order valence-electron chi connectivity index (χ4n) is 1.85. The third-order valence-electron chi connectivity index (χ3n) is 2.82. The van der Waals surface area contributed by atoms with Crippen molar-refractivity contribution in [3.63, 3.8) is 0 Å². The van der Waals surface area contributed by atoms with Crippen LogP contribution in [0.5, 0.6) is 5.75 Å². The van der Waals surface area contributed by atoms with Crippen molar-refractivity contribution in [3.8, 4) is 5.75 Å². The Morgan fingerprint density at radius 1 is 1.24 bits per heavy atom. The highest BCUT2D eigenvalue weighted by Crippen LogP contribution is 2.30. The fourth-order valence-corrected chi connectivity index (χ4v) is 2.70. The molecule has 0 heterocycles. The normalized spacial score (nSPS) is 10.5. The highest BCUT2D eigenvalue weighted by molar-refractivity contribution is 9.10. The molecule has 0 bridgehead atoms. The van der Waals surface area contributed by atoms with Crippen LogP contribution < -0.4 is 10.5 Å². The van der Waals surface area contributed by atoms with E-state index in [4.69, 9.17) is 10.5 Å². The van der Waals surface area contributed by atoms with Crippen LogP contribution in [0.2, 0.25) is 0 Å². The lowest BCUT2D eigenvalue weighted by Gasteiger charge is -2.11. The van der Waals surface area contributed by atoms with E-state index in [0.717, 1.165) is 4.47 Å². The summed E-state index contributed by atoms with van der Waals surface area (Å²) in [5.41, 5.74) is 6.14. The lowest BCUT2D eigenvalue weighted by Crippen LogP contribution is -2.07. The van der Waals surface area contributed by atoms with Gasteiger partial charge in [0.1, 0.15) is 11.6 Å². The number of carbonyl (C=O) groups excluding carboxylic acids is 1. The van der Waals surface area contributed by atoms with Gasteiger partial charge < -0.3 is 10.5 Å². The van der Waals surface area contributed by atoms with E-state index in [0.29, 0.717) is 22.4 Å². The van der Waals surface area contributed by atoms with E-state index < -0.39 is 5.82 Å². The summed E-state index contributed by atoms with van der Waals surface area (Å²) < 4.78 is 20.0. The van der Waals surface area contributed by atoms with Crippen LogP contribution in [0.25, 0.3) is 0 Å². The minimum absolute atomic E-state index is 0.0745. The van der Waals surface area contributed by atoms with Gasteiger partial charge in [0.25, 0.3) is 0 Å². The van der Waals surface area contributed by atoms with Crippen molar-refractivity contribution in [1.82, 2.24) is 0 Å². The van der Waals surface area contributed by atoms with E-state index >= 15 is 0 Å². The van der Waals surface area contributed by atoms with Crippen LogP contribution in [0.3, 0.4) is 0 Å². The van der Waals surface area contributed by atoms with Gasteiger partial charge in [0.05, 0.1) is 17.9 Å². The van der Waals surface area contributed by atoms with Crippen molar-refractivity contribution in [1.29, 1.82) is 0 Å². The number of hydrogen-bond donors (Lipinski definition) is 1. The number of anilines is 1. The number of nitrogen functional groups attached to an aromatic ring is 1. The second-order valence-electron chi connectivity index (χ2n) is 4.26. The quantitative estimate of drug-likeness (QED) is 0.587. The molecular formula is C15H12Br2FNO2. The Balaban J connectivity index is 2.54. The number of rotatable bonds is 4. The van der Waals surface area contributed by atoms with Gasteiger partial charge in [-0.2, -0.15) is 0 Å². The maximum absolute atomic E-state index is 13.4. The van der Waals surface area contributed by atoms with E-state index in [1.807, 2.05) is 6.92 Å². The second kappa shape index (κ2) is 6.58. The number of ketones is 1. The Labute approximate surface area is 138 Å². The van der Waals surface area contributed by atoms with Crippen LogP contribution in [0.1, 0.15) is 22.8 Å². The van der Waals surface area contributed by atoms with Gasteiger partial charge in [-0.3, -0.25) is 4.79 Å². The Kier molecular flexibility index (Phi) is 5.00. The smallest absolute Gasteiger partial charge is 0.198 e. The van der Waals surface area contributed by atoms with Crippen molar-refractivity contribution in [2.45, 2.75) is 6.92 Å². The maximum atomic E-state index is 13.4. The van der Waals surface area contributed by atoms with Crippen molar-refractivity contribution >= 4 is 43.3 Å². The molecule has 6 heteroatoms. The molecule has 21 heavy (non-hydrogen) atoms. The third kappa shape index (κ3) is 3.44. The molecule has 2 N–H and O–H groups in total. The molecule has 0 aliphatic heterocycles. The van der Waals surface area contributed by atoms with Gasteiger partial charge in [-0.15, -0.1) is 0 Å². The first kappa shape index (κ1) is 16.0. The highest BCUT2D eigenvalue weighted by Gasteiger charge is 2.19. The SMILES string of the molecule is CCOc1ccc(Br)cc1C(=O)c1cc(N)c(F)cc1Br. The van der Waals surface area contributed by atoms with Crippen LogP contribution in [-0.4, -0.2) is 12.4 Å². The van der Waals surface area contributed by atoms with Crippen LogP contribution >= 0.6 is 31.9 Å². The third-order valence-corrected chi connectivity index (χ3v) is 3.97. The van der Waals surface area contributed by atoms with Gasteiger partial charge in [0.2, 0.25) is 0 Å². The Bertz CT molecular complexity index is 704. The summed E-state index contributed by atoms with van der Waals surface area (Å²) in [5.74, 6) is -0.392. The molecule has 2 rings (SSSR count). The molecule has 0 aliphatic rings. The summed E-state index contributed by atoms with van der Waals surface area (Å²) in [5, 5.41) is 0. The van der Waals surface area contributed by atoms with Gasteiger partial charge in [-0.1, -0.05) is 15.9 Å². The standard InChI is InChI=1S/C15H12Br2FNO2/c1-2-21-14-4-3-8(16)5-10(14)15(20)9-6-13(19)12(18)7-11(9)17/h3-7H,2,19H2,1H3. The monoisotopic (exact) mass is 415 g/mol. The van der Waals surface area contributed by atoms with Gasteiger partial charge in [0, 0.05) is 14.5 Å². The predicted molar refractivity (Wildman–Crippen MR) is 87.3 cm³/mol. The second-order valence-corrected chi connectivity index (χ2v) is 6.03.